The second-order valence-electron chi connectivity index (χ2n) is 9.21. The van der Waals surface area contributed by atoms with Crippen LogP contribution in [0.2, 0.25) is 0 Å². The van der Waals surface area contributed by atoms with E-state index in [-0.39, 0.29) is 16.5 Å². The first-order chi connectivity index (χ1) is 18.8. The SMILES string of the molecule is CCCCN(C)C(=O)c1cc(NS(=O)(=O)c2ccc(CCC)cc2)cnc1N1CCNCC1.O=C(O)C(F)(F)F. The second kappa shape index (κ2) is 14.8. The molecule has 0 radical (unpaired) electrons. The first-order valence-electron chi connectivity index (χ1n) is 12.9. The number of aliphatic carboxylic acids is 1. The molecule has 1 amide bonds. The summed E-state index contributed by atoms with van der Waals surface area (Å²) in [5.74, 6) is -2.32. The highest BCUT2D eigenvalue weighted by molar-refractivity contribution is 7.92. The Morgan fingerprint density at radius 1 is 1.12 bits per heavy atom. The Labute approximate surface area is 232 Å². The van der Waals surface area contributed by atoms with Crippen molar-refractivity contribution in [2.45, 2.75) is 50.6 Å². The zero-order valence-corrected chi connectivity index (χ0v) is 23.6. The normalized spacial score (nSPS) is 13.7. The number of piperazine rings is 1. The lowest BCUT2D eigenvalue weighted by Gasteiger charge is -2.30. The number of nitrogens with one attached hydrogen (secondary N) is 2. The molecule has 0 bridgehead atoms. The minimum Gasteiger partial charge on any atom is -0.475 e. The van der Waals surface area contributed by atoms with E-state index < -0.39 is 22.2 Å². The van der Waals surface area contributed by atoms with Crippen LogP contribution >= 0.6 is 0 Å². The summed E-state index contributed by atoms with van der Waals surface area (Å²) >= 11 is 0. The van der Waals surface area contributed by atoms with Gasteiger partial charge in [0.1, 0.15) is 5.82 Å². The molecule has 0 atom stereocenters. The Morgan fingerprint density at radius 2 is 1.73 bits per heavy atom. The van der Waals surface area contributed by atoms with Crippen molar-refractivity contribution in [3.05, 3.63) is 47.7 Å². The molecule has 1 aliphatic rings. The number of aromatic nitrogens is 1. The van der Waals surface area contributed by atoms with E-state index in [9.17, 15) is 26.4 Å². The molecule has 2 heterocycles. The third kappa shape index (κ3) is 9.66. The van der Waals surface area contributed by atoms with E-state index in [1.807, 2.05) is 12.1 Å². The van der Waals surface area contributed by atoms with Crippen LogP contribution < -0.4 is 14.9 Å². The molecule has 3 rings (SSSR count). The topological polar surface area (TPSA) is 132 Å². The number of benzene rings is 1. The van der Waals surface area contributed by atoms with Crippen LogP contribution in [0.25, 0.3) is 0 Å². The number of unbranched alkanes of at least 4 members (excludes halogenated alkanes) is 1. The summed E-state index contributed by atoms with van der Waals surface area (Å²) in [7, 11) is -2.03. The minimum atomic E-state index is -5.08. The molecule has 1 fully saturated rings. The Morgan fingerprint density at radius 3 is 2.25 bits per heavy atom. The van der Waals surface area contributed by atoms with E-state index >= 15 is 0 Å². The largest absolute Gasteiger partial charge is 0.490 e. The van der Waals surface area contributed by atoms with Gasteiger partial charge in [0.2, 0.25) is 0 Å². The lowest BCUT2D eigenvalue weighted by atomic mass is 10.1. The standard InChI is InChI=1S/C24H35N5O3S.C2HF3O2/c1-4-6-14-28(3)24(30)22-17-20(18-26-23(22)29-15-12-25-13-16-29)27-33(31,32)21-10-8-19(7-5-2)9-11-21;3-2(4,5)1(6)7/h8-11,17-18,25,27H,4-7,12-16H2,1-3H3;(H,6,7). The number of carbonyl (C=O) groups is 2. The third-order valence-corrected chi connectivity index (χ3v) is 7.37. The van der Waals surface area contributed by atoms with E-state index in [4.69, 9.17) is 9.90 Å². The third-order valence-electron chi connectivity index (χ3n) is 5.97. The van der Waals surface area contributed by atoms with Crippen molar-refractivity contribution >= 4 is 33.4 Å². The Balaban J connectivity index is 0.000000708. The molecule has 0 saturated carbocycles. The summed E-state index contributed by atoms with van der Waals surface area (Å²) in [5.41, 5.74) is 1.79. The van der Waals surface area contributed by atoms with Crippen LogP contribution in [0.4, 0.5) is 24.7 Å². The number of carbonyl (C=O) groups excluding carboxylic acids is 1. The second-order valence-corrected chi connectivity index (χ2v) is 10.9. The fourth-order valence-corrected chi connectivity index (χ4v) is 4.87. The summed E-state index contributed by atoms with van der Waals surface area (Å²) in [6, 6.07) is 8.50. The number of pyridine rings is 1. The van der Waals surface area contributed by atoms with Gasteiger partial charge >= 0.3 is 12.1 Å². The highest BCUT2D eigenvalue weighted by Crippen LogP contribution is 2.25. The maximum absolute atomic E-state index is 13.3. The molecule has 14 heteroatoms. The number of hydrogen-bond acceptors (Lipinski definition) is 7. The summed E-state index contributed by atoms with van der Waals surface area (Å²) in [6.07, 6.45) is 0.195. The van der Waals surface area contributed by atoms with Crippen LogP contribution in [-0.2, 0) is 21.2 Å². The molecule has 2 aromatic rings. The number of nitrogens with zero attached hydrogens (tertiary/aromatic N) is 3. The molecule has 0 aliphatic carbocycles. The van der Waals surface area contributed by atoms with Gasteiger partial charge in [0.05, 0.1) is 22.3 Å². The van der Waals surface area contributed by atoms with Gasteiger partial charge in [-0.2, -0.15) is 13.2 Å². The lowest BCUT2D eigenvalue weighted by Crippen LogP contribution is -2.45. The fraction of sp³-hybridized carbons (Fsp3) is 0.500. The maximum atomic E-state index is 13.3. The van der Waals surface area contributed by atoms with Crippen LogP contribution in [0.5, 0.6) is 0 Å². The van der Waals surface area contributed by atoms with Crippen molar-refractivity contribution in [2.24, 2.45) is 0 Å². The van der Waals surface area contributed by atoms with Crippen LogP contribution in [0.1, 0.15) is 49.0 Å². The van der Waals surface area contributed by atoms with Crippen LogP contribution in [0, 0.1) is 0 Å². The van der Waals surface area contributed by atoms with Crippen LogP contribution in [-0.4, -0.2) is 81.2 Å². The van der Waals surface area contributed by atoms with Crippen molar-refractivity contribution in [1.82, 2.24) is 15.2 Å². The van der Waals surface area contributed by atoms with Crippen molar-refractivity contribution in [3.63, 3.8) is 0 Å². The predicted octanol–water partition coefficient (Wildman–Crippen LogP) is 3.75. The minimum absolute atomic E-state index is 0.158. The monoisotopic (exact) mass is 587 g/mol. The Bertz CT molecular complexity index is 1230. The Hall–Kier alpha value is -3.39. The summed E-state index contributed by atoms with van der Waals surface area (Å²) in [4.78, 5) is 30.6. The van der Waals surface area contributed by atoms with Gasteiger partial charge in [-0.15, -0.1) is 0 Å². The smallest absolute Gasteiger partial charge is 0.475 e. The van der Waals surface area contributed by atoms with Gasteiger partial charge < -0.3 is 20.2 Å². The number of alkyl halides is 3. The number of carboxylic acid groups (broad SMARTS) is 1. The van der Waals surface area contributed by atoms with E-state index in [0.29, 0.717) is 17.9 Å². The van der Waals surface area contributed by atoms with Crippen molar-refractivity contribution < 1.29 is 36.3 Å². The van der Waals surface area contributed by atoms with Crippen molar-refractivity contribution in [3.8, 4) is 0 Å². The Kier molecular flexibility index (Phi) is 12.2. The number of aryl methyl sites for hydroxylation is 1. The molecule has 0 unspecified atom stereocenters. The average Bonchev–Trinajstić information content (AvgIpc) is 2.92. The number of hydrogen-bond donors (Lipinski definition) is 3. The molecule has 40 heavy (non-hydrogen) atoms. The molecular weight excluding hydrogens is 551 g/mol. The van der Waals surface area contributed by atoms with Crippen molar-refractivity contribution in [2.75, 3.05) is 49.4 Å². The summed E-state index contributed by atoms with van der Waals surface area (Å²) in [5, 5.41) is 10.4. The summed E-state index contributed by atoms with van der Waals surface area (Å²) in [6.45, 7) is 7.89. The van der Waals surface area contributed by atoms with Gasteiger partial charge in [-0.3, -0.25) is 9.52 Å². The zero-order valence-electron chi connectivity index (χ0n) is 22.8. The number of rotatable bonds is 10. The molecule has 1 aliphatic heterocycles. The first kappa shape index (κ1) is 32.8. The molecule has 1 aromatic carbocycles. The van der Waals surface area contributed by atoms with E-state index in [0.717, 1.165) is 57.4 Å². The van der Waals surface area contributed by atoms with Gasteiger partial charge in [0.25, 0.3) is 15.9 Å². The van der Waals surface area contributed by atoms with E-state index in [1.165, 1.54) is 6.20 Å². The number of anilines is 2. The molecular formula is C26H36F3N5O5S. The van der Waals surface area contributed by atoms with Gasteiger partial charge in [-0.25, -0.2) is 18.2 Å². The number of amides is 1. The fourth-order valence-electron chi connectivity index (χ4n) is 3.84. The van der Waals surface area contributed by atoms with Gasteiger partial charge in [0.15, 0.2) is 0 Å². The van der Waals surface area contributed by atoms with Crippen LogP contribution in [0.3, 0.4) is 0 Å². The van der Waals surface area contributed by atoms with E-state index in [2.05, 4.69) is 33.8 Å². The number of halogens is 3. The number of carboxylic acids is 1. The summed E-state index contributed by atoms with van der Waals surface area (Å²) < 4.78 is 60.3. The van der Waals surface area contributed by atoms with Crippen molar-refractivity contribution in [1.29, 1.82) is 0 Å². The number of sulfonamides is 1. The van der Waals surface area contributed by atoms with Crippen LogP contribution in [0.15, 0.2) is 41.4 Å². The molecule has 10 nitrogen and oxygen atoms in total. The molecule has 1 saturated heterocycles. The highest BCUT2D eigenvalue weighted by atomic mass is 32.2. The maximum Gasteiger partial charge on any atom is 0.490 e. The zero-order chi connectivity index (χ0) is 29.9. The quantitative estimate of drug-likeness (QED) is 0.383. The average molecular weight is 588 g/mol. The molecule has 3 N–H and O–H groups in total. The molecule has 0 spiro atoms. The van der Waals surface area contributed by atoms with E-state index in [1.54, 1.807) is 30.1 Å². The highest BCUT2D eigenvalue weighted by Gasteiger charge is 2.38. The first-order valence-corrected chi connectivity index (χ1v) is 14.4. The molecule has 1 aromatic heterocycles. The van der Waals surface area contributed by atoms with Gasteiger partial charge in [-0.1, -0.05) is 38.8 Å². The molecule has 222 valence electrons. The van der Waals surface area contributed by atoms with Gasteiger partial charge in [0, 0.05) is 39.8 Å². The van der Waals surface area contributed by atoms with Gasteiger partial charge in [-0.05, 0) is 36.6 Å². The lowest BCUT2D eigenvalue weighted by molar-refractivity contribution is -0.192. The predicted molar refractivity (Wildman–Crippen MR) is 146 cm³/mol.